The van der Waals surface area contributed by atoms with Gasteiger partial charge in [0.2, 0.25) is 0 Å². The summed E-state index contributed by atoms with van der Waals surface area (Å²) in [7, 11) is 3.14. The molecule has 0 amide bonds. The molecule has 0 saturated heterocycles. The van der Waals surface area contributed by atoms with Crippen molar-refractivity contribution in [3.63, 3.8) is 0 Å². The molecule has 0 rings (SSSR count). The molecule has 0 aliphatic carbocycles. The van der Waals surface area contributed by atoms with Crippen LogP contribution in [0.1, 0.15) is 40.0 Å². The first-order chi connectivity index (χ1) is 6.43. The second kappa shape index (κ2) is 6.02. The van der Waals surface area contributed by atoms with Gasteiger partial charge in [0.05, 0.1) is 18.6 Å². The highest BCUT2D eigenvalue weighted by atomic mass is 16.5. The first kappa shape index (κ1) is 13.4. The van der Waals surface area contributed by atoms with Crippen molar-refractivity contribution in [1.29, 1.82) is 0 Å². The minimum Gasteiger partial charge on any atom is -0.469 e. The van der Waals surface area contributed by atoms with Gasteiger partial charge in [0.15, 0.2) is 0 Å². The molecule has 0 bridgehead atoms. The van der Waals surface area contributed by atoms with Gasteiger partial charge in [0, 0.05) is 7.11 Å². The van der Waals surface area contributed by atoms with Crippen molar-refractivity contribution in [2.24, 2.45) is 5.92 Å². The fourth-order valence-electron chi connectivity index (χ4n) is 1.26. The Morgan fingerprint density at radius 1 is 1.36 bits per heavy atom. The monoisotopic (exact) mass is 202 g/mol. The van der Waals surface area contributed by atoms with Crippen LogP contribution < -0.4 is 0 Å². The van der Waals surface area contributed by atoms with Gasteiger partial charge >= 0.3 is 5.97 Å². The van der Waals surface area contributed by atoms with E-state index in [2.05, 4.69) is 18.6 Å². The van der Waals surface area contributed by atoms with Crippen molar-refractivity contribution in [2.45, 2.75) is 45.6 Å². The molecule has 0 heterocycles. The third-order valence-electron chi connectivity index (χ3n) is 2.57. The summed E-state index contributed by atoms with van der Waals surface area (Å²) in [6.45, 7) is 6.00. The molecule has 0 spiro atoms. The summed E-state index contributed by atoms with van der Waals surface area (Å²) in [6.07, 6.45) is 2.81. The van der Waals surface area contributed by atoms with Gasteiger partial charge in [0.25, 0.3) is 0 Å². The van der Waals surface area contributed by atoms with Gasteiger partial charge < -0.3 is 9.47 Å². The summed E-state index contributed by atoms with van der Waals surface area (Å²) >= 11 is 0. The first-order valence-electron chi connectivity index (χ1n) is 5.06. The third-order valence-corrected chi connectivity index (χ3v) is 2.57. The van der Waals surface area contributed by atoms with Crippen molar-refractivity contribution < 1.29 is 14.3 Å². The van der Waals surface area contributed by atoms with E-state index in [1.165, 1.54) is 7.11 Å². The van der Waals surface area contributed by atoms with E-state index < -0.39 is 0 Å². The van der Waals surface area contributed by atoms with Crippen LogP contribution in [0.25, 0.3) is 0 Å². The average molecular weight is 202 g/mol. The summed E-state index contributed by atoms with van der Waals surface area (Å²) in [5.41, 5.74) is -0.0875. The molecule has 0 aliphatic rings. The predicted octanol–water partition coefficient (Wildman–Crippen LogP) is 2.39. The van der Waals surface area contributed by atoms with Crippen LogP contribution in [0.3, 0.4) is 0 Å². The molecule has 0 aromatic rings. The molecule has 0 aromatic heterocycles. The van der Waals surface area contributed by atoms with Crippen LogP contribution in [0.5, 0.6) is 0 Å². The lowest BCUT2D eigenvalue weighted by Gasteiger charge is -2.23. The Morgan fingerprint density at radius 2 is 1.93 bits per heavy atom. The van der Waals surface area contributed by atoms with Crippen molar-refractivity contribution in [2.75, 3.05) is 14.2 Å². The fourth-order valence-corrected chi connectivity index (χ4v) is 1.26. The quantitative estimate of drug-likeness (QED) is 0.620. The summed E-state index contributed by atoms with van der Waals surface area (Å²) < 4.78 is 9.94. The van der Waals surface area contributed by atoms with Crippen LogP contribution in [-0.4, -0.2) is 25.8 Å². The number of hydrogen-bond donors (Lipinski definition) is 0. The van der Waals surface area contributed by atoms with Crippen molar-refractivity contribution in [3.8, 4) is 0 Å². The molecule has 0 N–H and O–H groups in total. The fraction of sp³-hybridized carbons (Fsp3) is 0.909. The number of hydrogen-bond acceptors (Lipinski definition) is 3. The van der Waals surface area contributed by atoms with E-state index in [9.17, 15) is 4.79 Å². The molecule has 0 radical (unpaired) electrons. The molecule has 0 saturated carbocycles. The smallest absolute Gasteiger partial charge is 0.308 e. The molecule has 0 aromatic carbocycles. The maximum Gasteiger partial charge on any atom is 0.308 e. The van der Waals surface area contributed by atoms with E-state index in [0.717, 1.165) is 19.3 Å². The Labute approximate surface area is 86.8 Å². The van der Waals surface area contributed by atoms with E-state index in [1.807, 2.05) is 6.92 Å². The number of methoxy groups -OCH3 is 2. The zero-order chi connectivity index (χ0) is 11.2. The van der Waals surface area contributed by atoms with Crippen LogP contribution in [-0.2, 0) is 14.3 Å². The minimum absolute atomic E-state index is 0.00680. The van der Waals surface area contributed by atoms with E-state index >= 15 is 0 Å². The van der Waals surface area contributed by atoms with Crippen LogP contribution >= 0.6 is 0 Å². The summed E-state index contributed by atoms with van der Waals surface area (Å²) in [4.78, 5) is 11.1. The summed E-state index contributed by atoms with van der Waals surface area (Å²) in [5, 5.41) is 0. The number of carbonyl (C=O) groups excluding carboxylic acids is 1. The highest BCUT2D eigenvalue weighted by molar-refractivity contribution is 5.71. The van der Waals surface area contributed by atoms with Crippen molar-refractivity contribution in [3.05, 3.63) is 0 Å². The Morgan fingerprint density at radius 3 is 2.36 bits per heavy atom. The van der Waals surface area contributed by atoms with E-state index in [1.54, 1.807) is 7.11 Å². The third kappa shape index (κ3) is 5.22. The molecule has 1 unspecified atom stereocenters. The van der Waals surface area contributed by atoms with Crippen LogP contribution in [0.2, 0.25) is 0 Å². The van der Waals surface area contributed by atoms with E-state index in [0.29, 0.717) is 0 Å². The van der Waals surface area contributed by atoms with Gasteiger partial charge in [-0.05, 0) is 33.1 Å². The molecular weight excluding hydrogens is 180 g/mol. The Kier molecular flexibility index (Phi) is 5.77. The highest BCUT2D eigenvalue weighted by Gasteiger charge is 2.18. The van der Waals surface area contributed by atoms with Gasteiger partial charge in [0.1, 0.15) is 0 Å². The van der Waals surface area contributed by atoms with Gasteiger partial charge in [-0.2, -0.15) is 0 Å². The maximum atomic E-state index is 11.1. The summed E-state index contributed by atoms with van der Waals surface area (Å²) in [6, 6.07) is 0. The van der Waals surface area contributed by atoms with Gasteiger partial charge in [-0.1, -0.05) is 6.92 Å². The normalized spacial score (nSPS) is 13.8. The topological polar surface area (TPSA) is 35.5 Å². The number of ether oxygens (including phenoxy) is 2. The lowest BCUT2D eigenvalue weighted by molar-refractivity contribution is -0.145. The molecule has 3 nitrogen and oxygen atoms in total. The standard InChI is InChI=1S/C11H22O3/c1-9(10(12)13-4)7-6-8-11(2,3)14-5/h9H,6-8H2,1-5H3. The zero-order valence-corrected chi connectivity index (χ0v) is 9.92. The number of esters is 1. The first-order valence-corrected chi connectivity index (χ1v) is 5.06. The lowest BCUT2D eigenvalue weighted by atomic mass is 9.97. The van der Waals surface area contributed by atoms with E-state index in [4.69, 9.17) is 4.74 Å². The Balaban J connectivity index is 3.69. The van der Waals surface area contributed by atoms with Crippen molar-refractivity contribution in [1.82, 2.24) is 0 Å². The highest BCUT2D eigenvalue weighted by Crippen LogP contribution is 2.19. The maximum absolute atomic E-state index is 11.1. The van der Waals surface area contributed by atoms with Crippen LogP contribution in [0.4, 0.5) is 0 Å². The van der Waals surface area contributed by atoms with Crippen LogP contribution in [0.15, 0.2) is 0 Å². The lowest BCUT2D eigenvalue weighted by Crippen LogP contribution is -2.22. The largest absolute Gasteiger partial charge is 0.469 e. The SMILES string of the molecule is COC(=O)C(C)CCCC(C)(C)OC. The molecular formula is C11H22O3. The Hall–Kier alpha value is -0.570. The zero-order valence-electron chi connectivity index (χ0n) is 9.92. The predicted molar refractivity (Wildman–Crippen MR) is 56.1 cm³/mol. The Bertz CT molecular complexity index is 175. The molecule has 0 aliphatic heterocycles. The van der Waals surface area contributed by atoms with Crippen LogP contribution in [0, 0.1) is 5.92 Å². The van der Waals surface area contributed by atoms with Crippen molar-refractivity contribution >= 4 is 5.97 Å². The van der Waals surface area contributed by atoms with E-state index in [-0.39, 0.29) is 17.5 Å². The molecule has 0 fully saturated rings. The molecule has 84 valence electrons. The van der Waals surface area contributed by atoms with Gasteiger partial charge in [-0.15, -0.1) is 0 Å². The second-order valence-corrected chi connectivity index (χ2v) is 4.28. The molecule has 1 atom stereocenters. The van der Waals surface area contributed by atoms with Gasteiger partial charge in [-0.3, -0.25) is 4.79 Å². The second-order valence-electron chi connectivity index (χ2n) is 4.28. The molecule has 14 heavy (non-hydrogen) atoms. The minimum atomic E-state index is -0.125. The molecule has 3 heteroatoms. The average Bonchev–Trinajstić information content (AvgIpc) is 2.16. The summed E-state index contributed by atoms with van der Waals surface area (Å²) in [5.74, 6) is -0.132. The number of carbonyl (C=O) groups is 1. The van der Waals surface area contributed by atoms with Gasteiger partial charge in [-0.25, -0.2) is 0 Å². The number of rotatable bonds is 6.